The molecule has 2 aromatic rings. The zero-order chi connectivity index (χ0) is 22.1. The average Bonchev–Trinajstić information content (AvgIpc) is 2.63. The number of nitrogens with one attached hydrogen (secondary N) is 1. The Morgan fingerprint density at radius 2 is 1.97 bits per heavy atom. The van der Waals surface area contributed by atoms with E-state index in [-0.39, 0.29) is 18.2 Å². The van der Waals surface area contributed by atoms with Gasteiger partial charge in [0.05, 0.1) is 18.3 Å². The van der Waals surface area contributed by atoms with Crippen molar-refractivity contribution >= 4 is 11.7 Å². The molecule has 1 saturated heterocycles. The minimum Gasteiger partial charge on any atom is -0.406 e. The molecule has 2 heterocycles. The molecule has 2 atom stereocenters. The first-order chi connectivity index (χ1) is 14.0. The molecule has 30 heavy (non-hydrogen) atoms. The van der Waals surface area contributed by atoms with Crippen molar-refractivity contribution in [3.8, 4) is 17.0 Å². The summed E-state index contributed by atoms with van der Waals surface area (Å²) in [4.78, 5) is 21.7. The standard InChI is InChI=1S/C20H22F4N4O2/c1-11-8-14(4-5-18(11)30-20(22,23)24)17-9-19(26-12(2)25-17)28-7-6-16(15(21)10-28)27-13(3)29/h4-5,8-9,15-16H,6-7,10H2,1-3H3,(H,27,29)/t15-,16-/m0/s1. The number of benzene rings is 1. The number of nitrogens with zero attached hydrogens (tertiary/aromatic N) is 3. The van der Waals surface area contributed by atoms with E-state index >= 15 is 0 Å². The summed E-state index contributed by atoms with van der Waals surface area (Å²) >= 11 is 0. The van der Waals surface area contributed by atoms with E-state index in [2.05, 4.69) is 20.0 Å². The van der Waals surface area contributed by atoms with Crippen LogP contribution in [0.15, 0.2) is 24.3 Å². The lowest BCUT2D eigenvalue weighted by Crippen LogP contribution is -2.52. The highest BCUT2D eigenvalue weighted by Crippen LogP contribution is 2.31. The minimum atomic E-state index is -4.77. The molecule has 1 aromatic carbocycles. The van der Waals surface area contributed by atoms with Crippen LogP contribution in [-0.4, -0.2) is 47.5 Å². The summed E-state index contributed by atoms with van der Waals surface area (Å²) < 4.78 is 55.9. The number of hydrogen-bond donors (Lipinski definition) is 1. The fraction of sp³-hybridized carbons (Fsp3) is 0.450. The Hall–Kier alpha value is -2.91. The Balaban J connectivity index is 1.82. The highest BCUT2D eigenvalue weighted by molar-refractivity contribution is 5.73. The van der Waals surface area contributed by atoms with Gasteiger partial charge in [-0.1, -0.05) is 0 Å². The van der Waals surface area contributed by atoms with Crippen molar-refractivity contribution in [2.24, 2.45) is 0 Å². The van der Waals surface area contributed by atoms with E-state index in [0.29, 0.717) is 41.4 Å². The molecule has 1 aromatic heterocycles. The third kappa shape index (κ3) is 5.37. The van der Waals surface area contributed by atoms with Gasteiger partial charge < -0.3 is 15.0 Å². The first-order valence-corrected chi connectivity index (χ1v) is 9.40. The van der Waals surface area contributed by atoms with Crippen molar-refractivity contribution in [1.29, 1.82) is 0 Å². The highest BCUT2D eigenvalue weighted by atomic mass is 19.4. The molecule has 1 aliphatic heterocycles. The Kier molecular flexibility index (Phi) is 6.14. The number of hydrogen-bond acceptors (Lipinski definition) is 5. The molecule has 162 valence electrons. The highest BCUT2D eigenvalue weighted by Gasteiger charge is 2.32. The van der Waals surface area contributed by atoms with Gasteiger partial charge in [-0.2, -0.15) is 0 Å². The number of halogens is 4. The smallest absolute Gasteiger partial charge is 0.406 e. The van der Waals surface area contributed by atoms with Gasteiger partial charge in [-0.15, -0.1) is 13.2 Å². The maximum absolute atomic E-state index is 14.5. The van der Waals surface area contributed by atoms with Crippen LogP contribution in [0.3, 0.4) is 0 Å². The van der Waals surface area contributed by atoms with Gasteiger partial charge in [-0.3, -0.25) is 4.79 Å². The monoisotopic (exact) mass is 426 g/mol. The van der Waals surface area contributed by atoms with E-state index in [1.165, 1.54) is 26.0 Å². The molecule has 1 amide bonds. The third-order valence-corrected chi connectivity index (χ3v) is 4.77. The quantitative estimate of drug-likeness (QED) is 0.755. The van der Waals surface area contributed by atoms with Crippen LogP contribution in [0.25, 0.3) is 11.3 Å². The predicted molar refractivity (Wildman–Crippen MR) is 103 cm³/mol. The van der Waals surface area contributed by atoms with E-state index in [1.807, 2.05) is 0 Å². The zero-order valence-corrected chi connectivity index (χ0v) is 16.8. The summed E-state index contributed by atoms with van der Waals surface area (Å²) in [7, 11) is 0. The van der Waals surface area contributed by atoms with Gasteiger partial charge in [0.15, 0.2) is 0 Å². The first-order valence-electron chi connectivity index (χ1n) is 9.40. The number of piperidine rings is 1. The van der Waals surface area contributed by atoms with Crippen molar-refractivity contribution in [1.82, 2.24) is 15.3 Å². The van der Waals surface area contributed by atoms with Crippen molar-refractivity contribution in [3.63, 3.8) is 0 Å². The van der Waals surface area contributed by atoms with E-state index in [1.54, 1.807) is 24.0 Å². The van der Waals surface area contributed by atoms with E-state index < -0.39 is 18.6 Å². The molecule has 0 radical (unpaired) electrons. The largest absolute Gasteiger partial charge is 0.573 e. The summed E-state index contributed by atoms with van der Waals surface area (Å²) in [6.07, 6.45) is -5.58. The maximum Gasteiger partial charge on any atom is 0.573 e. The molecule has 1 fully saturated rings. The number of anilines is 1. The van der Waals surface area contributed by atoms with Gasteiger partial charge in [0.1, 0.15) is 23.6 Å². The van der Waals surface area contributed by atoms with Crippen molar-refractivity contribution in [3.05, 3.63) is 35.7 Å². The molecule has 0 bridgehead atoms. The number of rotatable bonds is 4. The number of carbonyl (C=O) groups excluding carboxylic acids is 1. The minimum absolute atomic E-state index is 0.0677. The number of aryl methyl sites for hydroxylation is 2. The molecule has 1 aliphatic rings. The SMILES string of the molecule is CC(=O)N[C@H]1CCN(c2cc(-c3ccc(OC(F)(F)F)c(C)c3)nc(C)n2)C[C@@H]1F. The number of amides is 1. The second-order valence-electron chi connectivity index (χ2n) is 7.24. The normalized spacial score (nSPS) is 19.5. The van der Waals surface area contributed by atoms with Gasteiger partial charge in [-0.05, 0) is 44.0 Å². The lowest BCUT2D eigenvalue weighted by Gasteiger charge is -2.35. The molecule has 0 saturated carbocycles. The Morgan fingerprint density at radius 1 is 1.23 bits per heavy atom. The van der Waals surface area contributed by atoms with Crippen LogP contribution in [-0.2, 0) is 4.79 Å². The van der Waals surface area contributed by atoms with Crippen LogP contribution in [0.5, 0.6) is 5.75 Å². The maximum atomic E-state index is 14.5. The molecular weight excluding hydrogens is 404 g/mol. The molecule has 6 nitrogen and oxygen atoms in total. The summed E-state index contributed by atoms with van der Waals surface area (Å²) in [5, 5.41) is 2.61. The van der Waals surface area contributed by atoms with E-state index in [9.17, 15) is 22.4 Å². The molecule has 0 spiro atoms. The molecular formula is C20H22F4N4O2. The second-order valence-corrected chi connectivity index (χ2v) is 7.24. The molecule has 0 aliphatic carbocycles. The fourth-order valence-corrected chi connectivity index (χ4v) is 3.45. The van der Waals surface area contributed by atoms with Crippen LogP contribution in [0.2, 0.25) is 0 Å². The van der Waals surface area contributed by atoms with Crippen molar-refractivity contribution < 1.29 is 27.1 Å². The average molecular weight is 426 g/mol. The summed E-state index contributed by atoms with van der Waals surface area (Å²) in [6.45, 7) is 5.13. The molecule has 0 unspecified atom stereocenters. The van der Waals surface area contributed by atoms with Gasteiger partial charge in [0.2, 0.25) is 5.91 Å². The fourth-order valence-electron chi connectivity index (χ4n) is 3.45. The van der Waals surface area contributed by atoms with E-state index in [4.69, 9.17) is 0 Å². The predicted octanol–water partition coefficient (Wildman–Crippen LogP) is 3.71. The topological polar surface area (TPSA) is 67.4 Å². The lowest BCUT2D eigenvalue weighted by atomic mass is 10.0. The molecule has 1 N–H and O–H groups in total. The van der Waals surface area contributed by atoms with Gasteiger partial charge >= 0.3 is 6.36 Å². The Morgan fingerprint density at radius 3 is 2.57 bits per heavy atom. The number of alkyl halides is 4. The first kappa shape index (κ1) is 21.8. The number of carbonyl (C=O) groups is 1. The lowest BCUT2D eigenvalue weighted by molar-refractivity contribution is -0.274. The van der Waals surface area contributed by atoms with Crippen LogP contribution >= 0.6 is 0 Å². The molecule has 10 heteroatoms. The van der Waals surface area contributed by atoms with Crippen molar-refractivity contribution in [2.75, 3.05) is 18.0 Å². The van der Waals surface area contributed by atoms with Crippen LogP contribution < -0.4 is 15.0 Å². The zero-order valence-electron chi connectivity index (χ0n) is 16.8. The third-order valence-electron chi connectivity index (χ3n) is 4.77. The summed E-state index contributed by atoms with van der Waals surface area (Å²) in [6, 6.07) is 5.42. The van der Waals surface area contributed by atoms with Crippen LogP contribution in [0, 0.1) is 13.8 Å². The van der Waals surface area contributed by atoms with Crippen molar-refractivity contribution in [2.45, 2.75) is 45.8 Å². The van der Waals surface area contributed by atoms with Crippen LogP contribution in [0.1, 0.15) is 24.7 Å². The van der Waals surface area contributed by atoms with Gasteiger partial charge in [0, 0.05) is 25.1 Å². The number of ether oxygens (including phenoxy) is 1. The number of aromatic nitrogens is 2. The van der Waals surface area contributed by atoms with E-state index in [0.717, 1.165) is 0 Å². The Bertz CT molecular complexity index is 936. The summed E-state index contributed by atoms with van der Waals surface area (Å²) in [5.74, 6) is 0.423. The van der Waals surface area contributed by atoms with Crippen LogP contribution in [0.4, 0.5) is 23.4 Å². The van der Waals surface area contributed by atoms with Gasteiger partial charge in [0.25, 0.3) is 0 Å². The van der Waals surface area contributed by atoms with Gasteiger partial charge in [-0.25, -0.2) is 14.4 Å². The second kappa shape index (κ2) is 8.45. The molecule has 3 rings (SSSR count). The Labute approximate surface area is 171 Å². The summed E-state index contributed by atoms with van der Waals surface area (Å²) in [5.41, 5.74) is 1.42.